The Morgan fingerprint density at radius 2 is 1.75 bits per heavy atom. The summed E-state index contributed by atoms with van der Waals surface area (Å²) in [5, 5.41) is 15.8. The van der Waals surface area contributed by atoms with Crippen LogP contribution in [0.15, 0.2) is 24.3 Å². The van der Waals surface area contributed by atoms with E-state index in [1.165, 1.54) is 0 Å². The number of rotatable bonds is 7. The maximum Gasteiger partial charge on any atom is 0.303 e. The van der Waals surface area contributed by atoms with Crippen molar-refractivity contribution in [2.75, 3.05) is 6.54 Å². The molecule has 0 saturated heterocycles. The topological polar surface area (TPSA) is 84.2 Å². The number of hydrogen-bond acceptors (Lipinski definition) is 3. The number of carboxylic acid groups (broad SMARTS) is 1. The fourth-order valence-corrected chi connectivity index (χ4v) is 2.61. The zero-order chi connectivity index (χ0) is 17.7. The van der Waals surface area contributed by atoms with Gasteiger partial charge in [0.05, 0.1) is 5.69 Å². The molecule has 6 heteroatoms. The summed E-state index contributed by atoms with van der Waals surface area (Å²) in [6.07, 6.45) is 1.30. The van der Waals surface area contributed by atoms with Gasteiger partial charge in [0.15, 0.2) is 5.69 Å². The molecule has 0 aliphatic rings. The Kier molecular flexibility index (Phi) is 5.73. The van der Waals surface area contributed by atoms with E-state index in [0.29, 0.717) is 25.1 Å². The highest BCUT2D eigenvalue weighted by Gasteiger charge is 2.13. The number of aliphatic carboxylic acids is 1. The molecule has 1 amide bonds. The molecule has 24 heavy (non-hydrogen) atoms. The first-order valence-electron chi connectivity index (χ1n) is 8.02. The number of aryl methyl sites for hydroxylation is 3. The largest absolute Gasteiger partial charge is 0.481 e. The van der Waals surface area contributed by atoms with Gasteiger partial charge in [-0.15, -0.1) is 0 Å². The second-order valence-corrected chi connectivity index (χ2v) is 6.04. The fourth-order valence-electron chi connectivity index (χ4n) is 2.61. The van der Waals surface area contributed by atoms with Gasteiger partial charge in [-0.3, -0.25) is 9.59 Å². The van der Waals surface area contributed by atoms with Crippen LogP contribution in [0.1, 0.15) is 46.6 Å². The highest BCUT2D eigenvalue weighted by atomic mass is 16.4. The van der Waals surface area contributed by atoms with Crippen LogP contribution in [0, 0.1) is 20.8 Å². The molecule has 0 radical (unpaired) electrons. The molecule has 0 aliphatic heterocycles. The zero-order valence-corrected chi connectivity index (χ0v) is 14.3. The smallest absolute Gasteiger partial charge is 0.303 e. The molecular weight excluding hydrogens is 306 g/mol. The van der Waals surface area contributed by atoms with Gasteiger partial charge in [0.2, 0.25) is 0 Å². The van der Waals surface area contributed by atoms with Crippen LogP contribution >= 0.6 is 0 Å². The minimum Gasteiger partial charge on any atom is -0.481 e. The molecule has 1 heterocycles. The van der Waals surface area contributed by atoms with Gasteiger partial charge >= 0.3 is 5.97 Å². The summed E-state index contributed by atoms with van der Waals surface area (Å²) >= 11 is 0. The van der Waals surface area contributed by atoms with Crippen LogP contribution in [0.3, 0.4) is 0 Å². The Bertz CT molecular complexity index is 730. The fraction of sp³-hybridized carbons (Fsp3) is 0.389. The summed E-state index contributed by atoms with van der Waals surface area (Å²) < 4.78 is 1.76. The number of carboxylic acids is 1. The van der Waals surface area contributed by atoms with Crippen molar-refractivity contribution in [3.8, 4) is 5.69 Å². The van der Waals surface area contributed by atoms with Gasteiger partial charge in [-0.1, -0.05) is 6.07 Å². The van der Waals surface area contributed by atoms with Gasteiger partial charge in [-0.05, 0) is 62.9 Å². The first-order chi connectivity index (χ1) is 11.4. The molecule has 2 aromatic rings. The number of carbonyl (C=O) groups excluding carboxylic acids is 1. The summed E-state index contributed by atoms with van der Waals surface area (Å²) in [7, 11) is 0. The quantitative estimate of drug-likeness (QED) is 0.765. The number of carbonyl (C=O) groups is 2. The third-order valence-electron chi connectivity index (χ3n) is 3.67. The van der Waals surface area contributed by atoms with E-state index in [9.17, 15) is 9.59 Å². The predicted octanol–water partition coefficient (Wildman–Crippen LogP) is 2.78. The molecule has 1 aromatic carbocycles. The lowest BCUT2D eigenvalue weighted by atomic mass is 10.1. The Labute approximate surface area is 141 Å². The van der Waals surface area contributed by atoms with Crippen LogP contribution in [-0.2, 0) is 4.79 Å². The molecule has 0 spiro atoms. The number of hydrogen-bond donors (Lipinski definition) is 2. The van der Waals surface area contributed by atoms with Gasteiger partial charge in [0, 0.05) is 18.7 Å². The maximum atomic E-state index is 12.2. The van der Waals surface area contributed by atoms with E-state index in [2.05, 4.69) is 16.5 Å². The molecular formula is C18H23N3O3. The van der Waals surface area contributed by atoms with Crippen molar-refractivity contribution in [2.45, 2.75) is 40.0 Å². The van der Waals surface area contributed by atoms with Crippen molar-refractivity contribution in [1.82, 2.24) is 15.1 Å². The first kappa shape index (κ1) is 17.7. The predicted molar refractivity (Wildman–Crippen MR) is 91.6 cm³/mol. The molecule has 0 fully saturated rings. The molecule has 0 aliphatic carbocycles. The van der Waals surface area contributed by atoms with Gasteiger partial charge < -0.3 is 10.4 Å². The van der Waals surface area contributed by atoms with Crippen LogP contribution in [0.2, 0.25) is 0 Å². The van der Waals surface area contributed by atoms with E-state index in [1.807, 2.05) is 32.9 Å². The van der Waals surface area contributed by atoms with E-state index < -0.39 is 5.97 Å². The Hall–Kier alpha value is -2.63. The minimum absolute atomic E-state index is 0.121. The molecule has 2 N–H and O–H groups in total. The second-order valence-electron chi connectivity index (χ2n) is 6.04. The zero-order valence-electron chi connectivity index (χ0n) is 14.3. The van der Waals surface area contributed by atoms with Crippen LogP contribution in [0.4, 0.5) is 0 Å². The van der Waals surface area contributed by atoms with Crippen LogP contribution in [0.25, 0.3) is 5.69 Å². The second kappa shape index (κ2) is 7.77. The SMILES string of the molecule is Cc1cc(C)cc(-n2nc(C(=O)NCCCCC(=O)O)cc2C)c1. The third-order valence-corrected chi connectivity index (χ3v) is 3.67. The van der Waals surface area contributed by atoms with Gasteiger partial charge in [-0.25, -0.2) is 4.68 Å². The van der Waals surface area contributed by atoms with E-state index in [0.717, 1.165) is 22.5 Å². The van der Waals surface area contributed by atoms with Gasteiger partial charge in [0.25, 0.3) is 5.91 Å². The summed E-state index contributed by atoms with van der Waals surface area (Å²) in [6, 6.07) is 7.90. The molecule has 6 nitrogen and oxygen atoms in total. The van der Waals surface area contributed by atoms with E-state index >= 15 is 0 Å². The summed E-state index contributed by atoms with van der Waals surface area (Å²) in [6.45, 7) is 6.41. The average molecular weight is 329 g/mol. The van der Waals surface area contributed by atoms with Crippen molar-refractivity contribution < 1.29 is 14.7 Å². The maximum absolute atomic E-state index is 12.2. The number of benzene rings is 1. The number of nitrogens with zero attached hydrogens (tertiary/aromatic N) is 2. The lowest BCUT2D eigenvalue weighted by molar-refractivity contribution is -0.137. The van der Waals surface area contributed by atoms with Crippen LogP contribution in [0.5, 0.6) is 0 Å². The van der Waals surface area contributed by atoms with Gasteiger partial charge in [0.1, 0.15) is 0 Å². The molecule has 0 saturated carbocycles. The van der Waals surface area contributed by atoms with E-state index in [-0.39, 0.29) is 12.3 Å². The van der Waals surface area contributed by atoms with Crippen molar-refractivity contribution >= 4 is 11.9 Å². The minimum atomic E-state index is -0.816. The van der Waals surface area contributed by atoms with E-state index in [4.69, 9.17) is 5.11 Å². The Balaban J connectivity index is 2.02. The Morgan fingerprint density at radius 1 is 1.08 bits per heavy atom. The highest BCUT2D eigenvalue weighted by Crippen LogP contribution is 2.16. The molecule has 0 atom stereocenters. The van der Waals surface area contributed by atoms with Crippen LogP contribution in [-0.4, -0.2) is 33.3 Å². The summed E-state index contributed by atoms with van der Waals surface area (Å²) in [4.78, 5) is 22.6. The van der Waals surface area contributed by atoms with Crippen molar-refractivity contribution in [3.63, 3.8) is 0 Å². The number of unbranched alkanes of at least 4 members (excludes halogenated alkanes) is 1. The first-order valence-corrected chi connectivity index (χ1v) is 8.02. The Morgan fingerprint density at radius 3 is 2.38 bits per heavy atom. The standard InChI is InChI=1S/C18H23N3O3/c1-12-8-13(2)10-15(9-12)21-14(3)11-16(20-21)18(24)19-7-5-4-6-17(22)23/h8-11H,4-7H2,1-3H3,(H,19,24)(H,22,23). The summed E-state index contributed by atoms with van der Waals surface area (Å²) in [5.74, 6) is -1.05. The summed E-state index contributed by atoms with van der Waals surface area (Å²) in [5.41, 5.74) is 4.47. The van der Waals surface area contributed by atoms with E-state index in [1.54, 1.807) is 10.7 Å². The average Bonchev–Trinajstić information content (AvgIpc) is 2.87. The molecule has 0 unspecified atom stereocenters. The third kappa shape index (κ3) is 4.68. The van der Waals surface area contributed by atoms with Crippen LogP contribution < -0.4 is 5.32 Å². The number of amides is 1. The normalized spacial score (nSPS) is 10.6. The highest BCUT2D eigenvalue weighted by molar-refractivity contribution is 5.92. The molecule has 1 aromatic heterocycles. The lowest BCUT2D eigenvalue weighted by Gasteiger charge is -2.07. The van der Waals surface area contributed by atoms with Crippen molar-refractivity contribution in [1.29, 1.82) is 0 Å². The molecule has 2 rings (SSSR count). The monoisotopic (exact) mass is 329 g/mol. The van der Waals surface area contributed by atoms with Crippen molar-refractivity contribution in [2.24, 2.45) is 0 Å². The lowest BCUT2D eigenvalue weighted by Crippen LogP contribution is -2.25. The molecule has 0 bridgehead atoms. The number of aromatic nitrogens is 2. The molecule has 128 valence electrons. The number of nitrogens with one attached hydrogen (secondary N) is 1. The van der Waals surface area contributed by atoms with Gasteiger partial charge in [-0.2, -0.15) is 5.10 Å². The van der Waals surface area contributed by atoms with Crippen molar-refractivity contribution in [3.05, 3.63) is 46.8 Å².